The van der Waals surface area contributed by atoms with Crippen molar-refractivity contribution in [3.8, 4) is 11.5 Å². The fourth-order valence-electron chi connectivity index (χ4n) is 3.46. The molecule has 1 aliphatic rings. The van der Waals surface area contributed by atoms with Crippen molar-refractivity contribution in [1.82, 2.24) is 5.32 Å². The van der Waals surface area contributed by atoms with Crippen LogP contribution in [0, 0.1) is 11.8 Å². The van der Waals surface area contributed by atoms with Crippen molar-refractivity contribution in [2.45, 2.75) is 46.0 Å². The minimum Gasteiger partial charge on any atom is -0.493 e. The first-order valence-electron chi connectivity index (χ1n) is 9.84. The zero-order chi connectivity index (χ0) is 19.8. The van der Waals surface area contributed by atoms with E-state index in [0.29, 0.717) is 30.5 Å². The molecule has 2 atom stereocenters. The van der Waals surface area contributed by atoms with Crippen molar-refractivity contribution < 1.29 is 19.1 Å². The van der Waals surface area contributed by atoms with Gasteiger partial charge in [-0.15, -0.1) is 0 Å². The largest absolute Gasteiger partial charge is 0.493 e. The number of hydrogen-bond donors (Lipinski definition) is 1. The number of nitrogens with one attached hydrogen (secondary N) is 1. The number of unbranched alkanes of at least 4 members (excludes halogenated alkanes) is 1. The SMILES string of the molecule is CCCCC(CC)CNC(=O)C1CC(=O)N(c2ccc(OC)c(OC)c2)C1. The van der Waals surface area contributed by atoms with Crippen molar-refractivity contribution in [2.75, 3.05) is 32.2 Å². The van der Waals surface area contributed by atoms with E-state index in [-0.39, 0.29) is 24.2 Å². The molecule has 1 aromatic rings. The molecule has 2 amide bonds. The minimum absolute atomic E-state index is 0.0266. The number of benzene rings is 1. The van der Waals surface area contributed by atoms with Gasteiger partial charge in [-0.2, -0.15) is 0 Å². The van der Waals surface area contributed by atoms with Crippen LogP contribution >= 0.6 is 0 Å². The summed E-state index contributed by atoms with van der Waals surface area (Å²) in [6.45, 7) is 5.42. The van der Waals surface area contributed by atoms with Crippen molar-refractivity contribution >= 4 is 17.5 Å². The molecule has 1 aromatic carbocycles. The van der Waals surface area contributed by atoms with Gasteiger partial charge in [0.05, 0.1) is 20.1 Å². The summed E-state index contributed by atoms with van der Waals surface area (Å²) in [4.78, 5) is 26.7. The average Bonchev–Trinajstić information content (AvgIpc) is 3.09. The van der Waals surface area contributed by atoms with Crippen molar-refractivity contribution in [3.05, 3.63) is 18.2 Å². The van der Waals surface area contributed by atoms with E-state index in [9.17, 15) is 9.59 Å². The van der Waals surface area contributed by atoms with Gasteiger partial charge in [0.25, 0.3) is 0 Å². The second-order valence-corrected chi connectivity index (χ2v) is 7.11. The predicted octanol–water partition coefficient (Wildman–Crippen LogP) is 3.39. The summed E-state index contributed by atoms with van der Waals surface area (Å²) >= 11 is 0. The lowest BCUT2D eigenvalue weighted by molar-refractivity contribution is -0.126. The maximum atomic E-state index is 12.6. The van der Waals surface area contributed by atoms with E-state index >= 15 is 0 Å². The highest BCUT2D eigenvalue weighted by molar-refractivity contribution is 6.00. The van der Waals surface area contributed by atoms with Crippen LogP contribution in [0.3, 0.4) is 0 Å². The third-order valence-corrected chi connectivity index (χ3v) is 5.28. The second kappa shape index (κ2) is 10.2. The summed E-state index contributed by atoms with van der Waals surface area (Å²) in [5.41, 5.74) is 0.724. The van der Waals surface area contributed by atoms with E-state index < -0.39 is 0 Å². The molecule has 2 unspecified atom stereocenters. The molecule has 0 radical (unpaired) electrons. The summed E-state index contributed by atoms with van der Waals surface area (Å²) in [5.74, 6) is 1.31. The summed E-state index contributed by atoms with van der Waals surface area (Å²) in [6.07, 6.45) is 4.79. The van der Waals surface area contributed by atoms with Gasteiger partial charge in [-0.25, -0.2) is 0 Å². The molecule has 0 saturated carbocycles. The van der Waals surface area contributed by atoms with Crippen LogP contribution in [0.15, 0.2) is 18.2 Å². The Morgan fingerprint density at radius 3 is 2.63 bits per heavy atom. The molecule has 2 rings (SSSR count). The molecule has 6 heteroatoms. The van der Waals surface area contributed by atoms with Gasteiger partial charge in [0, 0.05) is 31.3 Å². The highest BCUT2D eigenvalue weighted by Crippen LogP contribution is 2.34. The van der Waals surface area contributed by atoms with E-state index in [4.69, 9.17) is 9.47 Å². The van der Waals surface area contributed by atoms with Gasteiger partial charge in [-0.1, -0.05) is 33.1 Å². The van der Waals surface area contributed by atoms with Crippen LogP contribution in [-0.2, 0) is 9.59 Å². The van der Waals surface area contributed by atoms with Crippen LogP contribution in [0.4, 0.5) is 5.69 Å². The molecule has 1 heterocycles. The number of carbonyl (C=O) groups is 2. The van der Waals surface area contributed by atoms with Gasteiger partial charge >= 0.3 is 0 Å². The molecular formula is C21H32N2O4. The second-order valence-electron chi connectivity index (χ2n) is 7.11. The van der Waals surface area contributed by atoms with Gasteiger partial charge in [0.1, 0.15) is 0 Å². The number of ether oxygens (including phenoxy) is 2. The zero-order valence-corrected chi connectivity index (χ0v) is 16.9. The molecule has 0 spiro atoms. The first-order valence-corrected chi connectivity index (χ1v) is 9.84. The Morgan fingerprint density at radius 2 is 2.00 bits per heavy atom. The van der Waals surface area contributed by atoms with E-state index in [1.54, 1.807) is 31.3 Å². The van der Waals surface area contributed by atoms with Crippen molar-refractivity contribution in [2.24, 2.45) is 11.8 Å². The smallest absolute Gasteiger partial charge is 0.227 e. The molecular weight excluding hydrogens is 344 g/mol. The number of hydrogen-bond acceptors (Lipinski definition) is 4. The van der Waals surface area contributed by atoms with Crippen LogP contribution in [0.1, 0.15) is 46.0 Å². The number of methoxy groups -OCH3 is 2. The number of amides is 2. The lowest BCUT2D eigenvalue weighted by Gasteiger charge is -2.19. The van der Waals surface area contributed by atoms with Gasteiger partial charge in [-0.3, -0.25) is 9.59 Å². The maximum Gasteiger partial charge on any atom is 0.227 e. The number of rotatable bonds is 10. The predicted molar refractivity (Wildman–Crippen MR) is 106 cm³/mol. The summed E-state index contributed by atoms with van der Waals surface area (Å²) in [7, 11) is 3.13. The molecule has 1 N–H and O–H groups in total. The van der Waals surface area contributed by atoms with Crippen LogP contribution in [0.25, 0.3) is 0 Å². The van der Waals surface area contributed by atoms with Crippen molar-refractivity contribution in [3.63, 3.8) is 0 Å². The first kappa shape index (κ1) is 21.1. The Balaban J connectivity index is 1.97. The summed E-state index contributed by atoms with van der Waals surface area (Å²) in [5, 5.41) is 3.06. The van der Waals surface area contributed by atoms with Crippen LogP contribution < -0.4 is 19.7 Å². The lowest BCUT2D eigenvalue weighted by atomic mass is 9.99. The normalized spacial score (nSPS) is 17.7. The van der Waals surface area contributed by atoms with Gasteiger partial charge in [0.2, 0.25) is 11.8 Å². The van der Waals surface area contributed by atoms with Gasteiger partial charge < -0.3 is 19.7 Å². The molecule has 0 aliphatic carbocycles. The minimum atomic E-state index is -0.311. The van der Waals surface area contributed by atoms with E-state index in [1.807, 2.05) is 6.07 Å². The summed E-state index contributed by atoms with van der Waals surface area (Å²) in [6, 6.07) is 5.36. The number of carbonyl (C=O) groups excluding carboxylic acids is 2. The van der Waals surface area contributed by atoms with E-state index in [2.05, 4.69) is 19.2 Å². The standard InChI is InChI=1S/C21H32N2O4/c1-5-7-8-15(6-2)13-22-21(25)16-11-20(24)23(14-16)17-9-10-18(26-3)19(12-17)27-4/h9-10,12,15-16H,5-8,11,13-14H2,1-4H3,(H,22,25). The highest BCUT2D eigenvalue weighted by Gasteiger charge is 2.35. The summed E-state index contributed by atoms with van der Waals surface area (Å²) < 4.78 is 10.6. The molecule has 150 valence electrons. The Bertz CT molecular complexity index is 647. The molecule has 0 aromatic heterocycles. The molecule has 27 heavy (non-hydrogen) atoms. The molecule has 0 bridgehead atoms. The van der Waals surface area contributed by atoms with Crippen LogP contribution in [0.5, 0.6) is 11.5 Å². The van der Waals surface area contributed by atoms with Crippen LogP contribution in [-0.4, -0.2) is 39.1 Å². The third-order valence-electron chi connectivity index (χ3n) is 5.28. The maximum absolute atomic E-state index is 12.6. The third kappa shape index (κ3) is 5.37. The van der Waals surface area contributed by atoms with E-state index in [1.165, 1.54) is 12.8 Å². The lowest BCUT2D eigenvalue weighted by Crippen LogP contribution is -2.35. The van der Waals surface area contributed by atoms with Crippen LogP contribution in [0.2, 0.25) is 0 Å². The quantitative estimate of drug-likeness (QED) is 0.680. The number of nitrogens with zero attached hydrogens (tertiary/aromatic N) is 1. The Labute approximate surface area is 162 Å². The molecule has 1 saturated heterocycles. The monoisotopic (exact) mass is 376 g/mol. The topological polar surface area (TPSA) is 67.9 Å². The average molecular weight is 376 g/mol. The number of anilines is 1. The molecule has 1 aliphatic heterocycles. The van der Waals surface area contributed by atoms with Gasteiger partial charge in [0.15, 0.2) is 11.5 Å². The van der Waals surface area contributed by atoms with Crippen molar-refractivity contribution in [1.29, 1.82) is 0 Å². The zero-order valence-electron chi connectivity index (χ0n) is 16.9. The molecule has 1 fully saturated rings. The fourth-order valence-corrected chi connectivity index (χ4v) is 3.46. The van der Waals surface area contributed by atoms with Gasteiger partial charge in [-0.05, 0) is 24.5 Å². The molecule has 6 nitrogen and oxygen atoms in total. The Hall–Kier alpha value is -2.24. The van der Waals surface area contributed by atoms with E-state index in [0.717, 1.165) is 18.5 Å². The Kier molecular flexibility index (Phi) is 7.95. The first-order chi connectivity index (χ1) is 13.0. The fraction of sp³-hybridized carbons (Fsp3) is 0.619. The highest BCUT2D eigenvalue weighted by atomic mass is 16.5. The Morgan fingerprint density at radius 1 is 1.26 bits per heavy atom.